The van der Waals surface area contributed by atoms with Crippen LogP contribution in [0.15, 0.2) is 51.5 Å². The summed E-state index contributed by atoms with van der Waals surface area (Å²) in [5, 5.41) is 5.69. The number of carbonyl (C=O) groups excluding carboxylic acids is 1. The van der Waals surface area contributed by atoms with Gasteiger partial charge in [-0.2, -0.15) is 0 Å². The van der Waals surface area contributed by atoms with Gasteiger partial charge in [-0.25, -0.2) is 9.97 Å². The molecule has 7 heteroatoms. The van der Waals surface area contributed by atoms with E-state index in [1.165, 1.54) is 18.1 Å². The van der Waals surface area contributed by atoms with Gasteiger partial charge in [0, 0.05) is 10.2 Å². The second-order valence-electron chi connectivity index (χ2n) is 4.16. The molecular formula is C14H10BrN3OS2. The minimum absolute atomic E-state index is 0.0503. The molecule has 0 radical (unpaired) electrons. The zero-order valence-corrected chi connectivity index (χ0v) is 14.0. The van der Waals surface area contributed by atoms with Crippen molar-refractivity contribution in [3.8, 4) is 0 Å². The lowest BCUT2D eigenvalue weighted by molar-refractivity contribution is -0.113. The first-order valence-corrected chi connectivity index (χ1v) is 8.74. The van der Waals surface area contributed by atoms with Crippen LogP contribution >= 0.6 is 39.0 Å². The van der Waals surface area contributed by atoms with Crippen molar-refractivity contribution in [2.45, 2.75) is 5.03 Å². The average molecular weight is 380 g/mol. The molecule has 2 heterocycles. The van der Waals surface area contributed by atoms with Crippen LogP contribution in [0, 0.1) is 0 Å². The summed E-state index contributed by atoms with van der Waals surface area (Å²) in [5.74, 6) is 0.269. The van der Waals surface area contributed by atoms with Crippen LogP contribution in [0.25, 0.3) is 10.2 Å². The van der Waals surface area contributed by atoms with Crippen molar-refractivity contribution in [1.82, 2.24) is 9.97 Å². The largest absolute Gasteiger partial charge is 0.325 e. The number of fused-ring (bicyclic) bond motifs is 1. The standard InChI is InChI=1S/C14H10BrN3OS2/c15-9-1-3-10(4-2-9)18-12(19)7-21-14-13-11(5-6-20-13)16-8-17-14/h1-6,8H,7H2,(H,18,19). The van der Waals surface area contributed by atoms with Crippen molar-refractivity contribution >= 4 is 60.8 Å². The number of nitrogens with one attached hydrogen (secondary N) is 1. The van der Waals surface area contributed by atoms with E-state index in [4.69, 9.17) is 0 Å². The van der Waals surface area contributed by atoms with E-state index in [-0.39, 0.29) is 5.91 Å². The van der Waals surface area contributed by atoms with E-state index in [2.05, 4.69) is 31.2 Å². The molecule has 1 aromatic carbocycles. The van der Waals surface area contributed by atoms with Crippen LogP contribution in [0.1, 0.15) is 0 Å². The molecule has 0 atom stereocenters. The number of benzene rings is 1. The minimum atomic E-state index is -0.0503. The summed E-state index contributed by atoms with van der Waals surface area (Å²) in [6.45, 7) is 0. The predicted octanol–water partition coefficient (Wildman–Crippen LogP) is 4.18. The molecule has 0 fully saturated rings. The highest BCUT2D eigenvalue weighted by Crippen LogP contribution is 2.28. The molecule has 1 N–H and O–H groups in total. The Hall–Kier alpha value is -1.44. The summed E-state index contributed by atoms with van der Waals surface area (Å²) in [6.07, 6.45) is 1.53. The summed E-state index contributed by atoms with van der Waals surface area (Å²) in [7, 11) is 0. The third kappa shape index (κ3) is 3.61. The Kier molecular flexibility index (Phi) is 4.52. The number of rotatable bonds is 4. The van der Waals surface area contributed by atoms with Gasteiger partial charge in [-0.05, 0) is 35.7 Å². The number of thioether (sulfide) groups is 1. The summed E-state index contributed by atoms with van der Waals surface area (Å²) >= 11 is 6.37. The van der Waals surface area contributed by atoms with Gasteiger partial charge in [-0.3, -0.25) is 4.79 Å². The van der Waals surface area contributed by atoms with E-state index in [0.717, 1.165) is 25.4 Å². The molecule has 0 saturated carbocycles. The zero-order chi connectivity index (χ0) is 14.7. The molecule has 0 aliphatic carbocycles. The molecule has 2 aromatic heterocycles. The molecular weight excluding hydrogens is 370 g/mol. The van der Waals surface area contributed by atoms with E-state index < -0.39 is 0 Å². The monoisotopic (exact) mass is 379 g/mol. The van der Waals surface area contributed by atoms with Gasteiger partial charge < -0.3 is 5.32 Å². The molecule has 0 unspecified atom stereocenters. The normalized spacial score (nSPS) is 10.7. The number of halogens is 1. The van der Waals surface area contributed by atoms with Crippen molar-refractivity contribution in [2.24, 2.45) is 0 Å². The van der Waals surface area contributed by atoms with Gasteiger partial charge in [0.2, 0.25) is 5.91 Å². The minimum Gasteiger partial charge on any atom is -0.325 e. The SMILES string of the molecule is O=C(CSc1ncnc2ccsc12)Nc1ccc(Br)cc1. The van der Waals surface area contributed by atoms with Crippen molar-refractivity contribution < 1.29 is 4.79 Å². The van der Waals surface area contributed by atoms with Gasteiger partial charge in [-0.1, -0.05) is 27.7 Å². The van der Waals surface area contributed by atoms with Gasteiger partial charge in [-0.15, -0.1) is 11.3 Å². The fourth-order valence-electron chi connectivity index (χ4n) is 1.73. The van der Waals surface area contributed by atoms with E-state index >= 15 is 0 Å². The van der Waals surface area contributed by atoms with Crippen molar-refractivity contribution in [1.29, 1.82) is 0 Å². The van der Waals surface area contributed by atoms with Gasteiger partial charge in [0.25, 0.3) is 0 Å². The number of carbonyl (C=O) groups is 1. The van der Waals surface area contributed by atoms with E-state index in [9.17, 15) is 4.79 Å². The number of amides is 1. The lowest BCUT2D eigenvalue weighted by Crippen LogP contribution is -2.14. The quantitative estimate of drug-likeness (QED) is 0.545. The number of hydrogen-bond donors (Lipinski definition) is 1. The van der Waals surface area contributed by atoms with Crippen LogP contribution in [-0.4, -0.2) is 21.6 Å². The Morgan fingerprint density at radius 2 is 2.05 bits per heavy atom. The predicted molar refractivity (Wildman–Crippen MR) is 90.9 cm³/mol. The smallest absolute Gasteiger partial charge is 0.234 e. The van der Waals surface area contributed by atoms with Crippen molar-refractivity contribution in [3.05, 3.63) is 46.5 Å². The molecule has 4 nitrogen and oxygen atoms in total. The Balaban J connectivity index is 1.63. The number of thiophene rings is 1. The first-order valence-electron chi connectivity index (χ1n) is 6.09. The summed E-state index contributed by atoms with van der Waals surface area (Å²) in [6, 6.07) is 9.45. The average Bonchev–Trinajstić information content (AvgIpc) is 2.96. The maximum absolute atomic E-state index is 12.0. The lowest BCUT2D eigenvalue weighted by Gasteiger charge is -2.05. The number of aromatic nitrogens is 2. The van der Waals surface area contributed by atoms with Gasteiger partial charge in [0.05, 0.1) is 16.0 Å². The van der Waals surface area contributed by atoms with E-state index in [1.54, 1.807) is 11.3 Å². The van der Waals surface area contributed by atoms with Gasteiger partial charge in [0.15, 0.2) is 0 Å². The van der Waals surface area contributed by atoms with Gasteiger partial charge >= 0.3 is 0 Å². The highest BCUT2D eigenvalue weighted by molar-refractivity contribution is 9.10. The van der Waals surface area contributed by atoms with Crippen LogP contribution in [-0.2, 0) is 4.79 Å². The second kappa shape index (κ2) is 6.55. The molecule has 0 bridgehead atoms. The highest BCUT2D eigenvalue weighted by Gasteiger charge is 2.09. The Bertz CT molecular complexity index is 773. The Labute approximate surface area is 138 Å². The fraction of sp³-hybridized carbons (Fsp3) is 0.0714. The zero-order valence-electron chi connectivity index (χ0n) is 10.7. The molecule has 0 spiro atoms. The summed E-state index contributed by atoms with van der Waals surface area (Å²) in [5.41, 5.74) is 1.71. The maximum Gasteiger partial charge on any atom is 0.234 e. The molecule has 0 aliphatic heterocycles. The van der Waals surface area contributed by atoms with Crippen LogP contribution in [0.3, 0.4) is 0 Å². The highest BCUT2D eigenvalue weighted by atomic mass is 79.9. The van der Waals surface area contributed by atoms with Gasteiger partial charge in [0.1, 0.15) is 11.4 Å². The van der Waals surface area contributed by atoms with Crippen molar-refractivity contribution in [2.75, 3.05) is 11.1 Å². The summed E-state index contributed by atoms with van der Waals surface area (Å²) < 4.78 is 2.01. The second-order valence-corrected chi connectivity index (χ2v) is 6.95. The number of nitrogens with zero attached hydrogens (tertiary/aromatic N) is 2. The molecule has 106 valence electrons. The van der Waals surface area contributed by atoms with Crippen LogP contribution in [0.4, 0.5) is 5.69 Å². The third-order valence-electron chi connectivity index (χ3n) is 2.68. The van der Waals surface area contributed by atoms with E-state index in [1.807, 2.05) is 35.7 Å². The maximum atomic E-state index is 12.0. The fourth-order valence-corrected chi connectivity index (χ4v) is 3.74. The van der Waals surface area contributed by atoms with Crippen LogP contribution in [0.2, 0.25) is 0 Å². The lowest BCUT2D eigenvalue weighted by atomic mass is 10.3. The molecule has 0 aliphatic rings. The Morgan fingerprint density at radius 3 is 2.86 bits per heavy atom. The molecule has 21 heavy (non-hydrogen) atoms. The number of anilines is 1. The first-order chi connectivity index (χ1) is 10.2. The van der Waals surface area contributed by atoms with Crippen molar-refractivity contribution in [3.63, 3.8) is 0 Å². The topological polar surface area (TPSA) is 54.9 Å². The first kappa shape index (κ1) is 14.5. The summed E-state index contributed by atoms with van der Waals surface area (Å²) in [4.78, 5) is 20.4. The van der Waals surface area contributed by atoms with Crippen LogP contribution in [0.5, 0.6) is 0 Å². The molecule has 1 amide bonds. The third-order valence-corrected chi connectivity index (χ3v) is 5.24. The van der Waals surface area contributed by atoms with E-state index in [0.29, 0.717) is 5.75 Å². The Morgan fingerprint density at radius 1 is 1.24 bits per heavy atom. The van der Waals surface area contributed by atoms with Crippen LogP contribution < -0.4 is 5.32 Å². The molecule has 3 rings (SSSR count). The molecule has 0 saturated heterocycles. The number of hydrogen-bond acceptors (Lipinski definition) is 5. The molecule has 3 aromatic rings.